The molecule has 0 spiro atoms. The molecule has 2 aromatic heterocycles. The molecule has 12 heteroatoms. The molecule has 3 aromatic rings. The maximum absolute atomic E-state index is 13.8. The molecule has 1 fully saturated rings. The van der Waals surface area contributed by atoms with Crippen molar-refractivity contribution in [1.82, 2.24) is 35.1 Å². The van der Waals surface area contributed by atoms with Crippen molar-refractivity contribution in [3.8, 4) is 0 Å². The maximum atomic E-state index is 13.8. The highest BCUT2D eigenvalue weighted by molar-refractivity contribution is 5.94. The zero-order valence-corrected chi connectivity index (χ0v) is 26.6. The molecule has 1 aromatic carbocycles. The number of aryl methyl sites for hydroxylation is 1. The predicted molar refractivity (Wildman–Crippen MR) is 169 cm³/mol. The Morgan fingerprint density at radius 2 is 1.76 bits per heavy atom. The lowest BCUT2D eigenvalue weighted by Crippen LogP contribution is -2.58. The summed E-state index contributed by atoms with van der Waals surface area (Å²) in [7, 11) is 1.48. The minimum Gasteiger partial charge on any atom is -0.354 e. The van der Waals surface area contributed by atoms with Crippen LogP contribution < -0.4 is 16.0 Å². The molecule has 0 radical (unpaired) electrons. The summed E-state index contributed by atoms with van der Waals surface area (Å²) < 4.78 is 1.86. The molecule has 3 heterocycles. The van der Waals surface area contributed by atoms with Gasteiger partial charge in [-0.25, -0.2) is 4.98 Å². The number of nitrogens with one attached hydrogen (secondary N) is 3. The first kappa shape index (κ1) is 33.2. The van der Waals surface area contributed by atoms with Gasteiger partial charge in [0.25, 0.3) is 0 Å². The highest BCUT2D eigenvalue weighted by Gasteiger charge is 2.33. The van der Waals surface area contributed by atoms with E-state index in [0.29, 0.717) is 12.1 Å². The first-order valence-electron chi connectivity index (χ1n) is 15.3. The summed E-state index contributed by atoms with van der Waals surface area (Å²) in [6.07, 6.45) is 4.14. The van der Waals surface area contributed by atoms with Gasteiger partial charge < -0.3 is 30.2 Å². The van der Waals surface area contributed by atoms with E-state index in [4.69, 9.17) is 0 Å². The number of benzene rings is 1. The van der Waals surface area contributed by atoms with Gasteiger partial charge in [0.15, 0.2) is 0 Å². The number of pyridine rings is 1. The Labute approximate surface area is 263 Å². The number of aromatic nitrogens is 2. The number of nitrogens with zero attached hydrogens (tertiary/aromatic N) is 4. The minimum atomic E-state index is -0.923. The van der Waals surface area contributed by atoms with Crippen LogP contribution in [0.5, 0.6) is 0 Å². The molecule has 0 saturated carbocycles. The molecule has 0 bridgehead atoms. The van der Waals surface area contributed by atoms with Gasteiger partial charge in [0.1, 0.15) is 23.8 Å². The molecule has 1 saturated heterocycles. The zero-order chi connectivity index (χ0) is 32.7. The van der Waals surface area contributed by atoms with Crippen molar-refractivity contribution in [3.05, 3.63) is 71.7 Å². The molecule has 45 heavy (non-hydrogen) atoms. The Morgan fingerprint density at radius 1 is 1.02 bits per heavy atom. The predicted octanol–water partition coefficient (Wildman–Crippen LogP) is 1.25. The van der Waals surface area contributed by atoms with E-state index in [9.17, 15) is 24.0 Å². The average molecular weight is 618 g/mol. The van der Waals surface area contributed by atoms with Crippen molar-refractivity contribution < 1.29 is 24.0 Å². The van der Waals surface area contributed by atoms with Crippen LogP contribution in [-0.4, -0.2) is 93.5 Å². The third-order valence-corrected chi connectivity index (χ3v) is 8.10. The van der Waals surface area contributed by atoms with Crippen LogP contribution >= 0.6 is 0 Å². The van der Waals surface area contributed by atoms with Crippen molar-refractivity contribution in [2.45, 2.75) is 65.1 Å². The topological polar surface area (TPSA) is 145 Å². The quantitative estimate of drug-likeness (QED) is 0.393. The number of imidazole rings is 1. The van der Waals surface area contributed by atoms with Crippen LogP contribution in [0, 0.1) is 12.8 Å². The summed E-state index contributed by atoms with van der Waals surface area (Å²) >= 11 is 0. The van der Waals surface area contributed by atoms with Gasteiger partial charge >= 0.3 is 0 Å². The van der Waals surface area contributed by atoms with Crippen LogP contribution in [0.2, 0.25) is 0 Å². The first-order chi connectivity index (χ1) is 21.5. The molecule has 1 aliphatic heterocycles. The highest BCUT2D eigenvalue weighted by Crippen LogP contribution is 2.15. The Bertz CT molecular complexity index is 1540. The Kier molecular flexibility index (Phi) is 10.9. The van der Waals surface area contributed by atoms with Crippen LogP contribution in [0.3, 0.4) is 0 Å². The summed E-state index contributed by atoms with van der Waals surface area (Å²) in [5.41, 5.74) is 3.28. The smallest absolute Gasteiger partial charge is 0.245 e. The minimum absolute atomic E-state index is 0.00899. The van der Waals surface area contributed by atoms with Crippen molar-refractivity contribution >= 4 is 35.2 Å². The van der Waals surface area contributed by atoms with Crippen molar-refractivity contribution in [2.24, 2.45) is 5.92 Å². The average Bonchev–Trinajstić information content (AvgIpc) is 3.42. The second kappa shape index (κ2) is 14.8. The van der Waals surface area contributed by atoms with Gasteiger partial charge in [0, 0.05) is 39.0 Å². The van der Waals surface area contributed by atoms with Crippen LogP contribution in [0.25, 0.3) is 5.65 Å². The summed E-state index contributed by atoms with van der Waals surface area (Å²) in [6.45, 7) is 7.28. The van der Waals surface area contributed by atoms with Gasteiger partial charge in [-0.2, -0.15) is 0 Å². The zero-order valence-electron chi connectivity index (χ0n) is 26.6. The monoisotopic (exact) mass is 617 g/mol. The first-order valence-corrected chi connectivity index (χ1v) is 15.3. The van der Waals surface area contributed by atoms with Gasteiger partial charge in [-0.15, -0.1) is 0 Å². The summed E-state index contributed by atoms with van der Waals surface area (Å²) in [5, 5.41) is 8.47. The fourth-order valence-corrected chi connectivity index (χ4v) is 5.47. The molecular weight excluding hydrogens is 574 g/mol. The summed E-state index contributed by atoms with van der Waals surface area (Å²) in [6, 6.07) is 10.5. The second-order valence-electron chi connectivity index (χ2n) is 12.0. The van der Waals surface area contributed by atoms with Gasteiger partial charge in [-0.3, -0.25) is 24.0 Å². The number of amides is 5. The Morgan fingerprint density at radius 3 is 2.47 bits per heavy atom. The van der Waals surface area contributed by atoms with Crippen LogP contribution in [-0.2, 0) is 36.8 Å². The SMILES string of the molecule is Cc1cccn2c(CC(=O)N3CCCNC(=O)[C@H](Cc4ccccc4)NC(=O)CN(C)C(=O)[C@H](C(C)C)NC(=O)[C@H]3C)cnc12. The standard InChI is InChI=1S/C33H43N7O5/c1-21(2)29-33(45)38(5)20-27(41)36-26(17-24-12-7-6-8-13-24)32(44)34-14-10-16-39(23(4)31(43)37-29)28(42)18-25-19-35-30-22(3)11-9-15-40(25)30/h6-9,11-13,15,19,21,23,26,29H,10,14,16-18,20H2,1-5H3,(H,34,44)(H,36,41)(H,37,43)/t23-,26+,29+/m1/s1. The molecule has 4 rings (SSSR count). The number of hydrogen-bond acceptors (Lipinski definition) is 6. The maximum Gasteiger partial charge on any atom is 0.245 e. The molecule has 0 aliphatic carbocycles. The van der Waals surface area contributed by atoms with Crippen LogP contribution in [0.4, 0.5) is 0 Å². The van der Waals surface area contributed by atoms with E-state index in [0.717, 1.165) is 16.8 Å². The highest BCUT2D eigenvalue weighted by atomic mass is 16.2. The van der Waals surface area contributed by atoms with Gasteiger partial charge in [-0.1, -0.05) is 50.2 Å². The van der Waals surface area contributed by atoms with Crippen molar-refractivity contribution in [3.63, 3.8) is 0 Å². The van der Waals surface area contributed by atoms with Crippen molar-refractivity contribution in [1.29, 1.82) is 0 Å². The normalized spacial score (nSPS) is 21.1. The lowest BCUT2D eigenvalue weighted by atomic mass is 10.0. The number of carbonyl (C=O) groups is 5. The van der Waals surface area contributed by atoms with Gasteiger partial charge in [0.2, 0.25) is 29.5 Å². The molecule has 3 atom stereocenters. The molecule has 12 nitrogen and oxygen atoms in total. The van der Waals surface area contributed by atoms with E-state index in [-0.39, 0.29) is 50.2 Å². The number of rotatable bonds is 5. The number of carbonyl (C=O) groups excluding carboxylic acids is 5. The lowest BCUT2D eigenvalue weighted by Gasteiger charge is -2.32. The Balaban J connectivity index is 1.59. The fraction of sp³-hybridized carbons (Fsp3) is 0.455. The second-order valence-corrected chi connectivity index (χ2v) is 12.0. The van der Waals surface area contributed by atoms with E-state index in [1.165, 1.54) is 16.8 Å². The van der Waals surface area contributed by atoms with E-state index < -0.39 is 35.8 Å². The molecule has 5 amide bonds. The van der Waals surface area contributed by atoms with E-state index in [1.54, 1.807) is 27.0 Å². The van der Waals surface area contributed by atoms with Crippen molar-refractivity contribution in [2.75, 3.05) is 26.7 Å². The van der Waals surface area contributed by atoms with Gasteiger partial charge in [0.05, 0.1) is 18.7 Å². The van der Waals surface area contributed by atoms with Crippen LogP contribution in [0.1, 0.15) is 44.0 Å². The fourth-order valence-electron chi connectivity index (χ4n) is 5.47. The van der Waals surface area contributed by atoms with Crippen LogP contribution in [0.15, 0.2) is 54.9 Å². The third kappa shape index (κ3) is 8.25. The molecule has 240 valence electrons. The molecule has 3 N–H and O–H groups in total. The van der Waals surface area contributed by atoms with E-state index in [1.807, 2.05) is 60.0 Å². The van der Waals surface area contributed by atoms with Gasteiger partial charge in [-0.05, 0) is 43.4 Å². The molecular formula is C33H43N7O5. The largest absolute Gasteiger partial charge is 0.354 e. The number of fused-ring (bicyclic) bond motifs is 1. The third-order valence-electron chi connectivity index (χ3n) is 8.10. The van der Waals surface area contributed by atoms with E-state index in [2.05, 4.69) is 20.9 Å². The van der Waals surface area contributed by atoms with E-state index >= 15 is 0 Å². The number of hydrogen-bond donors (Lipinski definition) is 3. The number of likely N-dealkylation sites (N-methyl/N-ethyl adjacent to an activating group) is 1. The lowest BCUT2D eigenvalue weighted by molar-refractivity contribution is -0.143. The molecule has 1 aliphatic rings. The molecule has 0 unspecified atom stereocenters. The Hall–Kier alpha value is -4.74. The summed E-state index contributed by atoms with van der Waals surface area (Å²) in [4.78, 5) is 74.2. The summed E-state index contributed by atoms with van der Waals surface area (Å²) in [5.74, 6) is -2.38.